The van der Waals surface area contributed by atoms with Crippen molar-refractivity contribution in [3.8, 4) is 17.0 Å². The van der Waals surface area contributed by atoms with Gasteiger partial charge in [-0.25, -0.2) is 9.78 Å². The molecule has 1 amide bonds. The molecular formula is C28H30Cl2N2O5S. The third-order valence-electron chi connectivity index (χ3n) is 5.75. The van der Waals surface area contributed by atoms with Crippen LogP contribution in [0.1, 0.15) is 54.6 Å². The Bertz CT molecular complexity index is 1300. The Morgan fingerprint density at radius 1 is 1.16 bits per heavy atom. The first-order valence-electron chi connectivity index (χ1n) is 12.2. The lowest BCUT2D eigenvalue weighted by Crippen LogP contribution is -2.12. The Balaban J connectivity index is 1.73. The number of carbonyl (C=O) groups excluding carboxylic acids is 1. The fourth-order valence-corrected chi connectivity index (χ4v) is 5.02. The molecule has 0 saturated heterocycles. The van der Waals surface area contributed by atoms with Gasteiger partial charge in [-0.3, -0.25) is 10.1 Å². The largest absolute Gasteiger partial charge is 0.496 e. The fourth-order valence-electron chi connectivity index (χ4n) is 3.72. The van der Waals surface area contributed by atoms with Crippen LogP contribution in [0, 0.1) is 0 Å². The molecule has 202 valence electrons. The molecule has 0 aliphatic rings. The number of hydrogen-bond donors (Lipinski definition) is 2. The zero-order chi connectivity index (χ0) is 27.7. The number of hydrogen-bond acceptors (Lipinski definition) is 6. The number of thiazole rings is 1. The van der Waals surface area contributed by atoms with Crippen LogP contribution in [0.4, 0.5) is 5.13 Å². The molecule has 7 nitrogen and oxygen atoms in total. The quantitative estimate of drug-likeness (QED) is 0.160. The lowest BCUT2D eigenvalue weighted by molar-refractivity contribution is -0.132. The second kappa shape index (κ2) is 14.3. The summed E-state index contributed by atoms with van der Waals surface area (Å²) in [5.41, 5.74) is 3.15. The number of carbonyl (C=O) groups is 2. The van der Waals surface area contributed by atoms with E-state index in [1.165, 1.54) is 36.5 Å². The maximum Gasteiger partial charge on any atom is 0.331 e. The van der Waals surface area contributed by atoms with Gasteiger partial charge in [-0.15, -0.1) is 11.3 Å². The SMILES string of the molecule is CCCCCOCCc1cccc(-c2csc(NC(=O)c3cc(Cl)c(/C=C(\C)C(=O)O)c(Cl)c3)n2)c1OC. The Labute approximate surface area is 236 Å². The minimum absolute atomic E-state index is 0.0697. The first kappa shape index (κ1) is 29.6. The second-order valence-electron chi connectivity index (χ2n) is 8.55. The van der Waals surface area contributed by atoms with E-state index in [1.807, 2.05) is 23.6 Å². The third kappa shape index (κ3) is 7.80. The van der Waals surface area contributed by atoms with Crippen molar-refractivity contribution in [3.05, 3.63) is 68.0 Å². The van der Waals surface area contributed by atoms with Crippen molar-refractivity contribution in [1.82, 2.24) is 4.98 Å². The maximum atomic E-state index is 12.9. The molecule has 3 aromatic rings. The average molecular weight is 578 g/mol. The van der Waals surface area contributed by atoms with Crippen LogP contribution in [-0.2, 0) is 16.0 Å². The predicted octanol–water partition coefficient (Wildman–Crippen LogP) is 7.62. The summed E-state index contributed by atoms with van der Waals surface area (Å²) in [6.07, 6.45) is 5.47. The maximum absolute atomic E-state index is 12.9. The Morgan fingerprint density at radius 3 is 2.55 bits per heavy atom. The smallest absolute Gasteiger partial charge is 0.331 e. The van der Waals surface area contributed by atoms with Gasteiger partial charge in [-0.05, 0) is 49.6 Å². The summed E-state index contributed by atoms with van der Waals surface area (Å²) < 4.78 is 11.5. The lowest BCUT2D eigenvalue weighted by atomic mass is 10.0. The van der Waals surface area contributed by atoms with Gasteiger partial charge in [0.25, 0.3) is 5.91 Å². The Morgan fingerprint density at radius 2 is 1.89 bits per heavy atom. The number of halogens is 2. The number of benzene rings is 2. The first-order chi connectivity index (χ1) is 18.2. The van der Waals surface area contributed by atoms with Gasteiger partial charge in [0, 0.05) is 34.3 Å². The zero-order valence-corrected chi connectivity index (χ0v) is 23.8. The summed E-state index contributed by atoms with van der Waals surface area (Å²) in [5, 5.41) is 14.5. The minimum Gasteiger partial charge on any atom is -0.496 e. The van der Waals surface area contributed by atoms with E-state index in [9.17, 15) is 9.59 Å². The van der Waals surface area contributed by atoms with Gasteiger partial charge in [-0.2, -0.15) is 0 Å². The standard InChI is InChI=1S/C28H30Cl2N2O5S/c1-4-5-6-11-37-12-10-18-8-7-9-20(25(18)36-3)24-16-38-28(31-24)32-26(33)19-14-22(29)21(23(30)15-19)13-17(2)27(34)35/h7-9,13-16H,4-6,10-12H2,1-3H3,(H,34,35)(H,31,32,33)/b17-13+. The van der Waals surface area contributed by atoms with Crippen LogP contribution in [0.5, 0.6) is 5.75 Å². The molecule has 0 aliphatic heterocycles. The minimum atomic E-state index is -1.09. The van der Waals surface area contributed by atoms with Gasteiger partial charge < -0.3 is 14.6 Å². The van der Waals surface area contributed by atoms with Crippen LogP contribution in [0.15, 0.2) is 41.3 Å². The molecule has 0 saturated carbocycles. The number of methoxy groups -OCH3 is 1. The molecule has 0 bridgehead atoms. The van der Waals surface area contributed by atoms with Crippen LogP contribution in [0.3, 0.4) is 0 Å². The van der Waals surface area contributed by atoms with Gasteiger partial charge in [0.05, 0.1) is 29.5 Å². The molecule has 38 heavy (non-hydrogen) atoms. The van der Waals surface area contributed by atoms with Crippen molar-refractivity contribution in [2.24, 2.45) is 0 Å². The van der Waals surface area contributed by atoms with Crippen LogP contribution >= 0.6 is 34.5 Å². The molecule has 0 unspecified atom stereocenters. The zero-order valence-electron chi connectivity index (χ0n) is 21.5. The summed E-state index contributed by atoms with van der Waals surface area (Å²) in [4.78, 5) is 28.6. The van der Waals surface area contributed by atoms with E-state index < -0.39 is 11.9 Å². The number of para-hydroxylation sites is 1. The molecule has 1 aromatic heterocycles. The summed E-state index contributed by atoms with van der Waals surface area (Å²) in [5.74, 6) is -0.802. The van der Waals surface area contributed by atoms with Crippen molar-refractivity contribution in [2.75, 3.05) is 25.6 Å². The summed E-state index contributed by atoms with van der Waals surface area (Å²) in [6.45, 7) is 4.96. The highest BCUT2D eigenvalue weighted by Gasteiger charge is 2.17. The summed E-state index contributed by atoms with van der Waals surface area (Å²) in [7, 11) is 1.63. The molecule has 0 spiro atoms. The number of aliphatic carboxylic acids is 1. The van der Waals surface area contributed by atoms with Gasteiger partial charge in [0.2, 0.25) is 0 Å². The number of unbranched alkanes of at least 4 members (excludes halogenated alkanes) is 2. The second-order valence-corrected chi connectivity index (χ2v) is 10.2. The van der Waals surface area contributed by atoms with Gasteiger partial charge >= 0.3 is 5.97 Å². The lowest BCUT2D eigenvalue weighted by Gasteiger charge is -2.13. The monoisotopic (exact) mass is 576 g/mol. The van der Waals surface area contributed by atoms with Crippen LogP contribution in [0.2, 0.25) is 10.0 Å². The number of ether oxygens (including phenoxy) is 2. The van der Waals surface area contributed by atoms with Crippen molar-refractivity contribution < 1.29 is 24.2 Å². The topological polar surface area (TPSA) is 97.8 Å². The highest BCUT2D eigenvalue weighted by Crippen LogP contribution is 2.35. The van der Waals surface area contributed by atoms with Gasteiger partial charge in [-0.1, -0.05) is 55.1 Å². The molecule has 0 fully saturated rings. The summed E-state index contributed by atoms with van der Waals surface area (Å²) in [6, 6.07) is 8.77. The van der Waals surface area contributed by atoms with Gasteiger partial charge in [0.1, 0.15) is 5.75 Å². The number of rotatable bonds is 13. The summed E-state index contributed by atoms with van der Waals surface area (Å²) >= 11 is 13.9. The molecule has 2 N–H and O–H groups in total. The van der Waals surface area contributed by atoms with E-state index in [-0.39, 0.29) is 21.2 Å². The number of anilines is 1. The molecule has 0 atom stereocenters. The Kier molecular flexibility index (Phi) is 11.2. The van der Waals surface area contributed by atoms with Crippen molar-refractivity contribution in [3.63, 3.8) is 0 Å². The molecular weight excluding hydrogens is 547 g/mol. The molecule has 10 heteroatoms. The van der Waals surface area contributed by atoms with E-state index >= 15 is 0 Å². The molecule has 3 rings (SSSR count). The van der Waals surface area contributed by atoms with E-state index in [1.54, 1.807) is 7.11 Å². The van der Waals surface area contributed by atoms with E-state index in [0.29, 0.717) is 23.0 Å². The predicted molar refractivity (Wildman–Crippen MR) is 154 cm³/mol. The number of carboxylic acid groups (broad SMARTS) is 1. The van der Waals surface area contributed by atoms with Crippen molar-refractivity contribution >= 4 is 57.6 Å². The number of nitrogens with zero attached hydrogens (tertiary/aromatic N) is 1. The number of nitrogens with one attached hydrogen (secondary N) is 1. The molecule has 0 aliphatic carbocycles. The van der Waals surface area contributed by atoms with Crippen LogP contribution < -0.4 is 10.1 Å². The van der Waals surface area contributed by atoms with E-state index in [4.69, 9.17) is 37.8 Å². The van der Waals surface area contributed by atoms with Crippen LogP contribution in [-0.4, -0.2) is 42.3 Å². The first-order valence-corrected chi connectivity index (χ1v) is 13.8. The van der Waals surface area contributed by atoms with E-state index in [2.05, 4.69) is 17.2 Å². The fraction of sp³-hybridized carbons (Fsp3) is 0.321. The van der Waals surface area contributed by atoms with Crippen LogP contribution in [0.25, 0.3) is 17.3 Å². The molecule has 1 heterocycles. The van der Waals surface area contributed by atoms with Crippen molar-refractivity contribution in [1.29, 1.82) is 0 Å². The highest BCUT2D eigenvalue weighted by molar-refractivity contribution is 7.14. The third-order valence-corrected chi connectivity index (χ3v) is 7.13. The average Bonchev–Trinajstić information content (AvgIpc) is 3.35. The van der Waals surface area contributed by atoms with Crippen molar-refractivity contribution in [2.45, 2.75) is 39.5 Å². The molecule has 2 aromatic carbocycles. The molecule has 0 radical (unpaired) electrons. The normalized spacial score (nSPS) is 11.4. The van der Waals surface area contributed by atoms with E-state index in [0.717, 1.165) is 49.2 Å². The van der Waals surface area contributed by atoms with Gasteiger partial charge in [0.15, 0.2) is 5.13 Å². The Hall–Kier alpha value is -2.91. The highest BCUT2D eigenvalue weighted by atomic mass is 35.5. The number of amides is 1. The number of carboxylic acids is 1. The number of aromatic nitrogens is 1.